The standard InChI is InChI=1S/C16H15F3N2O4/c1-2-24-15(23)13-9-12(25-21-13)7-8-20-14(22)10-3-5-11(6-4-10)16(17,18)19/h3-6,9H,2,7-8H2,1H3,(H,20,22). The maximum absolute atomic E-state index is 12.5. The van der Waals surface area contributed by atoms with Crippen molar-refractivity contribution in [1.29, 1.82) is 0 Å². The lowest BCUT2D eigenvalue weighted by Crippen LogP contribution is -2.25. The summed E-state index contributed by atoms with van der Waals surface area (Å²) < 4.78 is 47.1. The van der Waals surface area contributed by atoms with Gasteiger partial charge in [-0.1, -0.05) is 5.16 Å². The van der Waals surface area contributed by atoms with Crippen LogP contribution >= 0.6 is 0 Å². The first-order valence-electron chi connectivity index (χ1n) is 7.39. The second kappa shape index (κ2) is 7.82. The molecule has 0 radical (unpaired) electrons. The summed E-state index contributed by atoms with van der Waals surface area (Å²) in [7, 11) is 0. The van der Waals surface area contributed by atoms with Crippen LogP contribution < -0.4 is 5.32 Å². The van der Waals surface area contributed by atoms with Gasteiger partial charge < -0.3 is 14.6 Å². The van der Waals surface area contributed by atoms with Gasteiger partial charge in [-0.2, -0.15) is 13.2 Å². The van der Waals surface area contributed by atoms with Gasteiger partial charge in [0.2, 0.25) is 0 Å². The Balaban J connectivity index is 1.85. The van der Waals surface area contributed by atoms with E-state index < -0.39 is 23.6 Å². The molecule has 25 heavy (non-hydrogen) atoms. The molecule has 6 nitrogen and oxygen atoms in total. The van der Waals surface area contributed by atoms with Crippen molar-refractivity contribution in [3.8, 4) is 0 Å². The molecule has 9 heteroatoms. The fourth-order valence-corrected chi connectivity index (χ4v) is 1.94. The Morgan fingerprint density at radius 1 is 1.24 bits per heavy atom. The molecular weight excluding hydrogens is 341 g/mol. The molecule has 1 amide bonds. The molecule has 0 saturated heterocycles. The van der Waals surface area contributed by atoms with Crippen molar-refractivity contribution in [2.24, 2.45) is 0 Å². The average Bonchev–Trinajstić information content (AvgIpc) is 3.03. The minimum absolute atomic E-state index is 0.0333. The number of nitrogens with one attached hydrogen (secondary N) is 1. The Labute approximate surface area is 140 Å². The van der Waals surface area contributed by atoms with Gasteiger partial charge in [0.1, 0.15) is 5.76 Å². The molecule has 1 N–H and O–H groups in total. The quantitative estimate of drug-likeness (QED) is 0.805. The zero-order valence-electron chi connectivity index (χ0n) is 13.2. The lowest BCUT2D eigenvalue weighted by Gasteiger charge is -2.08. The van der Waals surface area contributed by atoms with E-state index in [1.54, 1.807) is 6.92 Å². The maximum atomic E-state index is 12.5. The summed E-state index contributed by atoms with van der Waals surface area (Å²) in [4.78, 5) is 23.3. The minimum Gasteiger partial charge on any atom is -0.461 e. The number of ether oxygens (including phenoxy) is 1. The van der Waals surface area contributed by atoms with Crippen LogP contribution in [0.2, 0.25) is 0 Å². The number of carbonyl (C=O) groups is 2. The zero-order valence-corrected chi connectivity index (χ0v) is 13.2. The van der Waals surface area contributed by atoms with E-state index in [1.165, 1.54) is 6.07 Å². The van der Waals surface area contributed by atoms with E-state index in [0.29, 0.717) is 5.76 Å². The van der Waals surface area contributed by atoms with Crippen LogP contribution in [0.1, 0.15) is 39.1 Å². The van der Waals surface area contributed by atoms with Crippen LogP contribution in [0.5, 0.6) is 0 Å². The molecule has 2 rings (SSSR count). The highest BCUT2D eigenvalue weighted by atomic mass is 19.4. The van der Waals surface area contributed by atoms with Gasteiger partial charge in [-0.05, 0) is 31.2 Å². The Kier molecular flexibility index (Phi) is 5.79. The number of benzene rings is 1. The van der Waals surface area contributed by atoms with E-state index in [-0.39, 0.29) is 30.8 Å². The summed E-state index contributed by atoms with van der Waals surface area (Å²) in [5.41, 5.74) is -0.680. The monoisotopic (exact) mass is 356 g/mol. The minimum atomic E-state index is -4.45. The third kappa shape index (κ3) is 5.07. The number of carbonyl (C=O) groups excluding carboxylic acids is 2. The van der Waals surface area contributed by atoms with Crippen LogP contribution in [0.4, 0.5) is 13.2 Å². The summed E-state index contributed by atoms with van der Waals surface area (Å²) in [6.07, 6.45) is -4.18. The topological polar surface area (TPSA) is 81.4 Å². The van der Waals surface area contributed by atoms with Crippen molar-refractivity contribution < 1.29 is 32.0 Å². The Morgan fingerprint density at radius 3 is 2.52 bits per heavy atom. The normalized spacial score (nSPS) is 11.2. The van der Waals surface area contributed by atoms with E-state index in [0.717, 1.165) is 24.3 Å². The predicted molar refractivity (Wildman–Crippen MR) is 79.9 cm³/mol. The summed E-state index contributed by atoms with van der Waals surface area (Å²) in [6.45, 7) is 2.04. The molecular formula is C16H15F3N2O4. The van der Waals surface area contributed by atoms with Gasteiger partial charge in [0, 0.05) is 24.6 Å². The van der Waals surface area contributed by atoms with Crippen LogP contribution in [-0.2, 0) is 17.3 Å². The second-order valence-electron chi connectivity index (χ2n) is 4.98. The van der Waals surface area contributed by atoms with E-state index in [4.69, 9.17) is 9.26 Å². The first-order chi connectivity index (χ1) is 11.8. The van der Waals surface area contributed by atoms with Crippen LogP contribution in [0.25, 0.3) is 0 Å². The average molecular weight is 356 g/mol. The molecule has 0 atom stereocenters. The van der Waals surface area contributed by atoms with Gasteiger partial charge in [-0.25, -0.2) is 4.79 Å². The van der Waals surface area contributed by atoms with Crippen molar-refractivity contribution in [2.75, 3.05) is 13.2 Å². The number of alkyl halides is 3. The molecule has 0 aliphatic carbocycles. The molecule has 2 aromatic rings. The molecule has 0 spiro atoms. The number of rotatable bonds is 6. The molecule has 1 heterocycles. The second-order valence-corrected chi connectivity index (χ2v) is 4.98. The van der Waals surface area contributed by atoms with E-state index >= 15 is 0 Å². The maximum Gasteiger partial charge on any atom is 0.416 e. The number of hydrogen-bond acceptors (Lipinski definition) is 5. The van der Waals surface area contributed by atoms with Crippen molar-refractivity contribution in [2.45, 2.75) is 19.5 Å². The molecule has 0 aliphatic rings. The molecule has 1 aromatic heterocycles. The molecule has 0 fully saturated rings. The highest BCUT2D eigenvalue weighted by Gasteiger charge is 2.30. The summed E-state index contributed by atoms with van der Waals surface area (Å²) in [5.74, 6) is -0.749. The highest BCUT2D eigenvalue weighted by molar-refractivity contribution is 5.94. The van der Waals surface area contributed by atoms with Gasteiger partial charge in [0.25, 0.3) is 5.91 Å². The molecule has 0 saturated carbocycles. The number of halogens is 3. The summed E-state index contributed by atoms with van der Waals surface area (Å²) >= 11 is 0. The fraction of sp³-hybridized carbons (Fsp3) is 0.312. The van der Waals surface area contributed by atoms with Crippen molar-refractivity contribution in [1.82, 2.24) is 10.5 Å². The Hall–Kier alpha value is -2.84. The summed E-state index contributed by atoms with van der Waals surface area (Å²) in [6, 6.07) is 5.30. The lowest BCUT2D eigenvalue weighted by atomic mass is 10.1. The number of esters is 1. The zero-order chi connectivity index (χ0) is 18.4. The molecule has 0 unspecified atom stereocenters. The van der Waals surface area contributed by atoms with Gasteiger partial charge in [-0.15, -0.1) is 0 Å². The van der Waals surface area contributed by atoms with Gasteiger partial charge in [0.15, 0.2) is 5.69 Å². The smallest absolute Gasteiger partial charge is 0.416 e. The molecule has 0 aliphatic heterocycles. The van der Waals surface area contributed by atoms with Gasteiger partial charge in [0.05, 0.1) is 12.2 Å². The Morgan fingerprint density at radius 2 is 1.92 bits per heavy atom. The van der Waals surface area contributed by atoms with Crippen LogP contribution in [-0.4, -0.2) is 30.2 Å². The molecule has 134 valence electrons. The number of amides is 1. The number of hydrogen-bond donors (Lipinski definition) is 1. The summed E-state index contributed by atoms with van der Waals surface area (Å²) in [5, 5.41) is 6.10. The number of nitrogens with zero attached hydrogens (tertiary/aromatic N) is 1. The SMILES string of the molecule is CCOC(=O)c1cc(CCNC(=O)c2ccc(C(F)(F)F)cc2)on1. The highest BCUT2D eigenvalue weighted by Crippen LogP contribution is 2.29. The number of aromatic nitrogens is 1. The first-order valence-corrected chi connectivity index (χ1v) is 7.39. The van der Waals surface area contributed by atoms with E-state index in [1.807, 2.05) is 0 Å². The molecule has 0 bridgehead atoms. The van der Waals surface area contributed by atoms with Crippen molar-refractivity contribution >= 4 is 11.9 Å². The van der Waals surface area contributed by atoms with Gasteiger partial charge >= 0.3 is 12.1 Å². The van der Waals surface area contributed by atoms with Crippen LogP contribution in [0, 0.1) is 0 Å². The van der Waals surface area contributed by atoms with E-state index in [9.17, 15) is 22.8 Å². The Bertz CT molecular complexity index is 739. The third-order valence-corrected chi connectivity index (χ3v) is 3.17. The fourth-order valence-electron chi connectivity index (χ4n) is 1.94. The first kappa shape index (κ1) is 18.5. The van der Waals surface area contributed by atoms with E-state index in [2.05, 4.69) is 10.5 Å². The lowest BCUT2D eigenvalue weighted by molar-refractivity contribution is -0.137. The van der Waals surface area contributed by atoms with Crippen LogP contribution in [0.3, 0.4) is 0 Å². The van der Waals surface area contributed by atoms with Crippen molar-refractivity contribution in [3.63, 3.8) is 0 Å². The predicted octanol–water partition coefficient (Wildman–Crippen LogP) is 2.84. The largest absolute Gasteiger partial charge is 0.461 e. The van der Waals surface area contributed by atoms with Crippen LogP contribution in [0.15, 0.2) is 34.9 Å². The molecule has 1 aromatic carbocycles. The van der Waals surface area contributed by atoms with Gasteiger partial charge in [-0.3, -0.25) is 4.79 Å². The van der Waals surface area contributed by atoms with Crippen molar-refractivity contribution in [3.05, 3.63) is 52.9 Å². The third-order valence-electron chi connectivity index (χ3n) is 3.17.